The van der Waals surface area contributed by atoms with Gasteiger partial charge >= 0.3 is 6.03 Å². The Kier molecular flexibility index (Phi) is 5.19. The van der Waals surface area contributed by atoms with E-state index in [1.54, 1.807) is 0 Å². The fourth-order valence-electron chi connectivity index (χ4n) is 1.55. The predicted molar refractivity (Wildman–Crippen MR) is 71.5 cm³/mol. The Labute approximate surface area is 119 Å². The van der Waals surface area contributed by atoms with E-state index in [2.05, 4.69) is 0 Å². The third-order valence-electron chi connectivity index (χ3n) is 2.57. The number of hydrogen-bond acceptors (Lipinski definition) is 6. The molecule has 0 radical (unpaired) electrons. The standard InChI is InChI=1S/C12H15N3O6/c1-6(16)9-5-8(15(19)20)3-4-10(9)21-7(2)11(17)14-12(13)18/h3-7,16H,1-2H3,(H3,13,14,17,18)/t6-,7?/m1/s1. The number of non-ortho nitro benzene ring substituents is 1. The lowest BCUT2D eigenvalue weighted by atomic mass is 10.1. The monoisotopic (exact) mass is 297 g/mol. The van der Waals surface area contributed by atoms with Crippen LogP contribution in [-0.4, -0.2) is 28.1 Å². The van der Waals surface area contributed by atoms with Crippen LogP contribution in [0.4, 0.5) is 10.5 Å². The number of nitrogens with two attached hydrogens (primary N) is 1. The molecule has 0 saturated heterocycles. The molecule has 1 rings (SSSR count). The molecule has 1 unspecified atom stereocenters. The number of primary amides is 1. The van der Waals surface area contributed by atoms with Crippen molar-refractivity contribution in [2.24, 2.45) is 5.73 Å². The van der Waals surface area contributed by atoms with Crippen LogP contribution in [0.25, 0.3) is 0 Å². The molecule has 9 heteroatoms. The van der Waals surface area contributed by atoms with Crippen molar-refractivity contribution in [2.75, 3.05) is 0 Å². The summed E-state index contributed by atoms with van der Waals surface area (Å²) in [6, 6.07) is 2.59. The van der Waals surface area contributed by atoms with Crippen molar-refractivity contribution in [1.82, 2.24) is 5.32 Å². The van der Waals surface area contributed by atoms with Gasteiger partial charge < -0.3 is 15.6 Å². The van der Waals surface area contributed by atoms with Crippen LogP contribution >= 0.6 is 0 Å². The van der Waals surface area contributed by atoms with E-state index >= 15 is 0 Å². The molecule has 0 fully saturated rings. The van der Waals surface area contributed by atoms with Gasteiger partial charge in [-0.05, 0) is 19.9 Å². The van der Waals surface area contributed by atoms with Gasteiger partial charge in [-0.1, -0.05) is 0 Å². The maximum atomic E-state index is 11.5. The fourth-order valence-corrected chi connectivity index (χ4v) is 1.55. The highest BCUT2D eigenvalue weighted by Crippen LogP contribution is 2.30. The first-order valence-electron chi connectivity index (χ1n) is 5.95. The van der Waals surface area contributed by atoms with E-state index in [0.29, 0.717) is 0 Å². The number of carbonyl (C=O) groups is 2. The molecule has 1 aromatic rings. The molecule has 0 saturated carbocycles. The largest absolute Gasteiger partial charge is 0.480 e. The first-order valence-corrected chi connectivity index (χ1v) is 5.95. The Morgan fingerprint density at radius 2 is 2.05 bits per heavy atom. The topological polar surface area (TPSA) is 145 Å². The average molecular weight is 297 g/mol. The number of rotatable bonds is 5. The van der Waals surface area contributed by atoms with Crippen molar-refractivity contribution in [3.8, 4) is 5.75 Å². The molecule has 1 aromatic carbocycles. The highest BCUT2D eigenvalue weighted by molar-refractivity contribution is 5.95. The van der Waals surface area contributed by atoms with Crippen LogP contribution in [-0.2, 0) is 4.79 Å². The highest BCUT2D eigenvalue weighted by atomic mass is 16.6. The van der Waals surface area contributed by atoms with Gasteiger partial charge in [0.25, 0.3) is 11.6 Å². The van der Waals surface area contributed by atoms with E-state index in [4.69, 9.17) is 10.5 Å². The van der Waals surface area contributed by atoms with Gasteiger partial charge in [0, 0.05) is 17.7 Å². The van der Waals surface area contributed by atoms with Crippen molar-refractivity contribution in [2.45, 2.75) is 26.1 Å². The highest BCUT2D eigenvalue weighted by Gasteiger charge is 2.21. The summed E-state index contributed by atoms with van der Waals surface area (Å²) in [4.78, 5) is 32.2. The zero-order valence-corrected chi connectivity index (χ0v) is 11.4. The predicted octanol–water partition coefficient (Wildman–Crippen LogP) is 0.610. The minimum Gasteiger partial charge on any atom is -0.480 e. The Balaban J connectivity index is 2.99. The molecule has 114 valence electrons. The number of nitro groups is 1. The number of nitrogens with zero attached hydrogens (tertiary/aromatic N) is 1. The third kappa shape index (κ3) is 4.42. The minimum atomic E-state index is -1.07. The normalized spacial score (nSPS) is 13.1. The van der Waals surface area contributed by atoms with Gasteiger partial charge in [0.05, 0.1) is 11.0 Å². The molecule has 0 aliphatic carbocycles. The SMILES string of the molecule is CC(Oc1ccc([N+](=O)[O-])cc1[C@@H](C)O)C(=O)NC(N)=O. The number of benzene rings is 1. The molecule has 9 nitrogen and oxygen atoms in total. The molecule has 3 amide bonds. The molecule has 0 aromatic heterocycles. The second-order valence-corrected chi connectivity index (χ2v) is 4.27. The van der Waals surface area contributed by atoms with Crippen LogP contribution in [0, 0.1) is 10.1 Å². The fraction of sp³-hybridized carbons (Fsp3) is 0.333. The summed E-state index contributed by atoms with van der Waals surface area (Å²) in [6.07, 6.45) is -2.11. The first-order chi connectivity index (χ1) is 9.72. The van der Waals surface area contributed by atoms with Crippen molar-refractivity contribution < 1.29 is 24.4 Å². The van der Waals surface area contributed by atoms with E-state index in [-0.39, 0.29) is 17.0 Å². The van der Waals surface area contributed by atoms with Crippen LogP contribution in [0.1, 0.15) is 25.5 Å². The molecule has 0 heterocycles. The van der Waals surface area contributed by atoms with Crippen LogP contribution in [0.5, 0.6) is 5.75 Å². The Hall–Kier alpha value is -2.68. The van der Waals surface area contributed by atoms with Crippen molar-refractivity contribution in [3.05, 3.63) is 33.9 Å². The second-order valence-electron chi connectivity index (χ2n) is 4.27. The first kappa shape index (κ1) is 16.4. The molecule has 21 heavy (non-hydrogen) atoms. The van der Waals surface area contributed by atoms with Gasteiger partial charge in [0.15, 0.2) is 6.10 Å². The quantitative estimate of drug-likeness (QED) is 0.536. The number of urea groups is 1. The van der Waals surface area contributed by atoms with Crippen LogP contribution in [0.2, 0.25) is 0 Å². The number of carbonyl (C=O) groups excluding carboxylic acids is 2. The van der Waals surface area contributed by atoms with E-state index in [0.717, 1.165) is 6.07 Å². The van der Waals surface area contributed by atoms with Gasteiger partial charge in [-0.2, -0.15) is 0 Å². The summed E-state index contributed by atoms with van der Waals surface area (Å²) in [5.41, 5.74) is 4.75. The second kappa shape index (κ2) is 6.66. The summed E-state index contributed by atoms with van der Waals surface area (Å²) >= 11 is 0. The van der Waals surface area contributed by atoms with Gasteiger partial charge in [-0.25, -0.2) is 4.79 Å². The van der Waals surface area contributed by atoms with Crippen molar-refractivity contribution >= 4 is 17.6 Å². The summed E-state index contributed by atoms with van der Waals surface area (Å²) in [5, 5.41) is 22.2. The Morgan fingerprint density at radius 3 is 2.52 bits per heavy atom. The molecule has 2 atom stereocenters. The smallest absolute Gasteiger partial charge is 0.318 e. The molecular weight excluding hydrogens is 282 g/mol. The zero-order valence-electron chi connectivity index (χ0n) is 11.4. The summed E-state index contributed by atoms with van der Waals surface area (Å²) < 4.78 is 5.30. The number of imide groups is 1. The molecule has 0 bridgehead atoms. The maximum Gasteiger partial charge on any atom is 0.318 e. The summed E-state index contributed by atoms with van der Waals surface area (Å²) in [5.74, 6) is -0.667. The Bertz CT molecular complexity index is 572. The number of nitro benzene ring substituents is 1. The van der Waals surface area contributed by atoms with Crippen molar-refractivity contribution in [3.63, 3.8) is 0 Å². The lowest BCUT2D eigenvalue weighted by molar-refractivity contribution is -0.385. The van der Waals surface area contributed by atoms with Gasteiger partial charge in [0.1, 0.15) is 5.75 Å². The number of amides is 3. The number of ether oxygens (including phenoxy) is 1. The van der Waals surface area contributed by atoms with E-state index in [1.807, 2.05) is 5.32 Å². The third-order valence-corrected chi connectivity index (χ3v) is 2.57. The van der Waals surface area contributed by atoms with E-state index in [1.165, 1.54) is 26.0 Å². The van der Waals surface area contributed by atoms with E-state index < -0.39 is 29.1 Å². The number of aliphatic hydroxyl groups is 1. The van der Waals surface area contributed by atoms with Gasteiger partial charge in [-0.3, -0.25) is 20.2 Å². The average Bonchev–Trinajstić information content (AvgIpc) is 2.37. The van der Waals surface area contributed by atoms with Crippen LogP contribution < -0.4 is 15.8 Å². The molecular formula is C12H15N3O6. The molecule has 0 aliphatic rings. The summed E-state index contributed by atoms with van der Waals surface area (Å²) in [7, 11) is 0. The lowest BCUT2D eigenvalue weighted by Gasteiger charge is -2.17. The van der Waals surface area contributed by atoms with E-state index in [9.17, 15) is 24.8 Å². The van der Waals surface area contributed by atoms with Gasteiger partial charge in [0.2, 0.25) is 0 Å². The minimum absolute atomic E-state index is 0.0997. The van der Waals surface area contributed by atoms with Gasteiger partial charge in [-0.15, -0.1) is 0 Å². The van der Waals surface area contributed by atoms with Crippen molar-refractivity contribution in [1.29, 1.82) is 0 Å². The molecule has 0 aliphatic heterocycles. The lowest BCUT2D eigenvalue weighted by Crippen LogP contribution is -2.42. The number of aliphatic hydroxyl groups excluding tert-OH is 1. The number of hydrogen-bond donors (Lipinski definition) is 3. The zero-order chi connectivity index (χ0) is 16.2. The van der Waals surface area contributed by atoms with Crippen LogP contribution in [0.15, 0.2) is 18.2 Å². The molecule has 4 N–H and O–H groups in total. The molecule has 0 spiro atoms. The maximum absolute atomic E-state index is 11.5. The Morgan fingerprint density at radius 1 is 1.43 bits per heavy atom. The number of nitrogens with one attached hydrogen (secondary N) is 1. The summed E-state index contributed by atoms with van der Waals surface area (Å²) in [6.45, 7) is 2.77. The van der Waals surface area contributed by atoms with Crippen LogP contribution in [0.3, 0.4) is 0 Å².